The van der Waals surface area contributed by atoms with Crippen molar-refractivity contribution >= 4 is 28.7 Å². The van der Waals surface area contributed by atoms with Crippen LogP contribution in [0.2, 0.25) is 0 Å². The number of carbonyl (C=O) groups is 3. The van der Waals surface area contributed by atoms with Crippen LogP contribution in [0.1, 0.15) is 68.1 Å². The van der Waals surface area contributed by atoms with E-state index in [0.717, 1.165) is 31.2 Å². The summed E-state index contributed by atoms with van der Waals surface area (Å²) < 4.78 is 5.71. The molecule has 1 fully saturated rings. The highest BCUT2D eigenvalue weighted by Crippen LogP contribution is 2.27. The first-order valence-corrected chi connectivity index (χ1v) is 12.5. The van der Waals surface area contributed by atoms with E-state index in [9.17, 15) is 14.4 Å². The molecule has 1 heterocycles. The second-order valence-electron chi connectivity index (χ2n) is 9.43. The Morgan fingerprint density at radius 1 is 0.943 bits per heavy atom. The smallest absolute Gasteiger partial charge is 0.266 e. The lowest BCUT2D eigenvalue weighted by Crippen LogP contribution is -2.52. The molecule has 1 unspecified atom stereocenters. The van der Waals surface area contributed by atoms with Gasteiger partial charge >= 0.3 is 0 Å². The molecule has 4 rings (SSSR count). The number of nitrogens with zero attached hydrogens (tertiary/aromatic N) is 1. The van der Waals surface area contributed by atoms with Gasteiger partial charge in [0.15, 0.2) is 5.58 Å². The minimum atomic E-state index is -0.821. The lowest BCUT2D eigenvalue weighted by Gasteiger charge is -2.27. The Morgan fingerprint density at radius 2 is 1.66 bits per heavy atom. The van der Waals surface area contributed by atoms with E-state index in [2.05, 4.69) is 15.6 Å². The van der Waals surface area contributed by atoms with Crippen molar-refractivity contribution in [3.05, 3.63) is 66.1 Å². The molecular weight excluding hydrogens is 442 g/mol. The van der Waals surface area contributed by atoms with E-state index >= 15 is 0 Å². The van der Waals surface area contributed by atoms with Crippen molar-refractivity contribution in [2.24, 2.45) is 5.92 Å². The van der Waals surface area contributed by atoms with Gasteiger partial charge in [0, 0.05) is 6.92 Å². The molecule has 1 aliphatic carbocycles. The number of fused-ring (bicyclic) bond motifs is 1. The maximum absolute atomic E-state index is 13.4. The lowest BCUT2D eigenvalue weighted by atomic mass is 9.84. The maximum atomic E-state index is 13.4. The number of hydrogen-bond donors (Lipinski definition) is 2. The van der Waals surface area contributed by atoms with Crippen LogP contribution < -0.4 is 10.6 Å². The monoisotopic (exact) mass is 475 g/mol. The molecule has 7 heteroatoms. The molecule has 0 saturated heterocycles. The molecule has 1 aromatic heterocycles. The zero-order valence-electron chi connectivity index (χ0n) is 20.2. The Kier molecular flexibility index (Phi) is 8.29. The van der Waals surface area contributed by atoms with Crippen LogP contribution >= 0.6 is 0 Å². The molecule has 0 bridgehead atoms. The summed E-state index contributed by atoms with van der Waals surface area (Å²) in [6.45, 7) is 1.41. The van der Waals surface area contributed by atoms with Crippen molar-refractivity contribution in [3.8, 4) is 0 Å². The summed E-state index contributed by atoms with van der Waals surface area (Å²) in [5.41, 5.74) is 2.19. The number of ketones is 1. The first-order chi connectivity index (χ1) is 17.0. The van der Waals surface area contributed by atoms with Crippen molar-refractivity contribution in [3.63, 3.8) is 0 Å². The van der Waals surface area contributed by atoms with Crippen molar-refractivity contribution in [1.29, 1.82) is 0 Å². The minimum Gasteiger partial charge on any atom is -0.434 e. The zero-order valence-corrected chi connectivity index (χ0v) is 20.2. The average molecular weight is 476 g/mol. The standard InChI is InChI=1S/C28H33N3O4/c1-19(32)29-24(18-21-12-6-3-7-13-21)27(34)30-23(17-16-20-10-4-2-5-11-20)26(33)28-31-22-14-8-9-15-25(22)35-28/h2,4-5,8-11,14-15,21,23-24H,3,6-7,12-13,16-18H2,1H3,(H,29,32)(H,30,34)/t23?,24-/m0/s1. The summed E-state index contributed by atoms with van der Waals surface area (Å²) >= 11 is 0. The molecule has 0 spiro atoms. The van der Waals surface area contributed by atoms with E-state index in [1.165, 1.54) is 13.3 Å². The number of amides is 2. The number of aromatic nitrogens is 1. The van der Waals surface area contributed by atoms with Gasteiger partial charge < -0.3 is 15.1 Å². The number of oxazole rings is 1. The van der Waals surface area contributed by atoms with Crippen molar-refractivity contribution in [2.45, 2.75) is 70.4 Å². The Labute approximate surface area is 205 Å². The van der Waals surface area contributed by atoms with Crippen molar-refractivity contribution < 1.29 is 18.8 Å². The fourth-order valence-corrected chi connectivity index (χ4v) is 4.86. The first-order valence-electron chi connectivity index (χ1n) is 12.5. The van der Waals surface area contributed by atoms with Gasteiger partial charge in [-0.2, -0.15) is 0 Å². The summed E-state index contributed by atoms with van der Waals surface area (Å²) in [7, 11) is 0. The summed E-state index contributed by atoms with van der Waals surface area (Å²) in [6.07, 6.45) is 7.20. The fourth-order valence-electron chi connectivity index (χ4n) is 4.86. The van der Waals surface area contributed by atoms with Crippen LogP contribution in [0, 0.1) is 5.92 Å². The molecule has 1 saturated carbocycles. The number of carbonyl (C=O) groups excluding carboxylic acids is 3. The lowest BCUT2D eigenvalue weighted by molar-refractivity contribution is -0.129. The van der Waals surface area contributed by atoms with Gasteiger partial charge in [0.1, 0.15) is 11.6 Å². The van der Waals surface area contributed by atoms with Crippen molar-refractivity contribution in [1.82, 2.24) is 15.6 Å². The number of Topliss-reactive ketones (excluding diaryl/α,β-unsaturated/α-hetero) is 1. The van der Waals surface area contributed by atoms with Gasteiger partial charge in [0.2, 0.25) is 17.6 Å². The van der Waals surface area contributed by atoms with Gasteiger partial charge in [0.25, 0.3) is 5.89 Å². The first kappa shape index (κ1) is 24.6. The van der Waals surface area contributed by atoms with E-state index in [1.807, 2.05) is 42.5 Å². The molecule has 1 aliphatic rings. The number of benzene rings is 2. The van der Waals surface area contributed by atoms with E-state index in [1.54, 1.807) is 12.1 Å². The topological polar surface area (TPSA) is 101 Å². The van der Waals surface area contributed by atoms with Gasteiger partial charge in [-0.1, -0.05) is 74.6 Å². The summed E-state index contributed by atoms with van der Waals surface area (Å²) in [4.78, 5) is 43.0. The number of aryl methyl sites for hydroxylation is 1. The minimum absolute atomic E-state index is 0.0204. The average Bonchev–Trinajstić information content (AvgIpc) is 3.31. The van der Waals surface area contributed by atoms with E-state index in [0.29, 0.717) is 36.3 Å². The van der Waals surface area contributed by atoms with Crippen LogP contribution in [-0.2, 0) is 16.0 Å². The second-order valence-corrected chi connectivity index (χ2v) is 9.43. The number of para-hydroxylation sites is 2. The molecular formula is C28H33N3O4. The predicted octanol–water partition coefficient (Wildman–Crippen LogP) is 4.60. The number of hydrogen-bond acceptors (Lipinski definition) is 5. The normalized spacial score (nSPS) is 15.9. The van der Waals surface area contributed by atoms with Gasteiger partial charge in [0.05, 0.1) is 6.04 Å². The Morgan fingerprint density at radius 3 is 2.37 bits per heavy atom. The highest BCUT2D eigenvalue weighted by Gasteiger charge is 2.31. The van der Waals surface area contributed by atoms with Gasteiger partial charge in [-0.05, 0) is 42.9 Å². The largest absolute Gasteiger partial charge is 0.434 e. The van der Waals surface area contributed by atoms with Crippen LogP contribution in [0.25, 0.3) is 11.1 Å². The van der Waals surface area contributed by atoms with Gasteiger partial charge in [-0.15, -0.1) is 0 Å². The Bertz CT molecular complexity index is 1120. The Hall–Kier alpha value is -3.48. The van der Waals surface area contributed by atoms with Crippen LogP contribution in [0.4, 0.5) is 0 Å². The molecule has 2 aromatic carbocycles. The maximum Gasteiger partial charge on any atom is 0.266 e. The van der Waals surface area contributed by atoms with Crippen LogP contribution in [0.3, 0.4) is 0 Å². The molecule has 184 valence electrons. The highest BCUT2D eigenvalue weighted by molar-refractivity contribution is 6.00. The van der Waals surface area contributed by atoms with Crippen LogP contribution in [-0.4, -0.2) is 34.7 Å². The predicted molar refractivity (Wildman–Crippen MR) is 134 cm³/mol. The van der Waals surface area contributed by atoms with Crippen molar-refractivity contribution in [2.75, 3.05) is 0 Å². The summed E-state index contributed by atoms with van der Waals surface area (Å²) in [5.74, 6) is -0.597. The fraction of sp³-hybridized carbons (Fsp3) is 0.429. The molecule has 7 nitrogen and oxygen atoms in total. The van der Waals surface area contributed by atoms with Crippen LogP contribution in [0.15, 0.2) is 59.0 Å². The molecule has 2 atom stereocenters. The molecule has 35 heavy (non-hydrogen) atoms. The molecule has 3 aromatic rings. The van der Waals surface area contributed by atoms with Gasteiger partial charge in [-0.3, -0.25) is 14.4 Å². The van der Waals surface area contributed by atoms with E-state index in [-0.39, 0.29) is 23.5 Å². The zero-order chi connectivity index (χ0) is 24.6. The third kappa shape index (κ3) is 6.78. The summed E-state index contributed by atoms with van der Waals surface area (Å²) in [5, 5.41) is 5.73. The second kappa shape index (κ2) is 11.8. The SMILES string of the molecule is CC(=O)N[C@@H](CC1CCCCC1)C(=O)NC(CCc1ccccc1)C(=O)c1nc2ccccc2o1. The molecule has 0 aliphatic heterocycles. The molecule has 2 N–H and O–H groups in total. The summed E-state index contributed by atoms with van der Waals surface area (Å²) in [6, 6.07) is 15.5. The number of nitrogens with one attached hydrogen (secondary N) is 2. The Balaban J connectivity index is 1.52. The molecule has 2 amide bonds. The number of rotatable bonds is 10. The third-order valence-electron chi connectivity index (χ3n) is 6.69. The quantitative estimate of drug-likeness (QED) is 0.417. The van der Waals surface area contributed by atoms with Gasteiger partial charge in [-0.25, -0.2) is 4.98 Å². The molecule has 0 radical (unpaired) electrons. The van der Waals surface area contributed by atoms with E-state index < -0.39 is 12.1 Å². The highest BCUT2D eigenvalue weighted by atomic mass is 16.4. The van der Waals surface area contributed by atoms with Crippen LogP contribution in [0.5, 0.6) is 0 Å². The third-order valence-corrected chi connectivity index (χ3v) is 6.69. The van der Waals surface area contributed by atoms with E-state index in [4.69, 9.17) is 4.42 Å².